The first-order valence-corrected chi connectivity index (χ1v) is 7.69. The molecule has 0 atom stereocenters. The fourth-order valence-corrected chi connectivity index (χ4v) is 2.73. The molecule has 6 heteroatoms. The second kappa shape index (κ2) is 6.13. The van der Waals surface area contributed by atoms with Crippen molar-refractivity contribution in [2.45, 2.75) is 13.2 Å². The van der Waals surface area contributed by atoms with Gasteiger partial charge in [-0.2, -0.15) is 5.26 Å². The third-order valence-electron chi connectivity index (χ3n) is 3.83. The Labute approximate surface area is 138 Å². The number of hydrogen-bond donors (Lipinski definition) is 0. The summed E-state index contributed by atoms with van der Waals surface area (Å²) in [5.74, 6) is 2.83. The van der Waals surface area contributed by atoms with Gasteiger partial charge in [0.25, 0.3) is 0 Å². The van der Waals surface area contributed by atoms with Gasteiger partial charge in [-0.3, -0.25) is 0 Å². The van der Waals surface area contributed by atoms with Gasteiger partial charge in [0.1, 0.15) is 37.9 Å². The molecule has 0 N–H and O–H groups in total. The first kappa shape index (κ1) is 14.4. The van der Waals surface area contributed by atoms with E-state index >= 15 is 0 Å². The van der Waals surface area contributed by atoms with E-state index in [0.717, 1.165) is 16.8 Å². The Morgan fingerprint density at radius 1 is 1.12 bits per heavy atom. The van der Waals surface area contributed by atoms with Gasteiger partial charge in [0, 0.05) is 12.1 Å². The smallest absolute Gasteiger partial charge is 0.163 e. The van der Waals surface area contributed by atoms with Crippen molar-refractivity contribution < 1.29 is 14.2 Å². The first-order chi connectivity index (χ1) is 11.8. The molecule has 3 aromatic rings. The Bertz CT molecular complexity index is 913. The van der Waals surface area contributed by atoms with E-state index in [0.29, 0.717) is 30.5 Å². The molecule has 0 amide bonds. The highest BCUT2D eigenvalue weighted by molar-refractivity contribution is 5.81. The van der Waals surface area contributed by atoms with Gasteiger partial charge in [-0.25, -0.2) is 4.98 Å². The van der Waals surface area contributed by atoms with Crippen molar-refractivity contribution in [1.82, 2.24) is 9.55 Å². The Kier molecular flexibility index (Phi) is 3.67. The molecule has 0 bridgehead atoms. The molecule has 0 radical (unpaired) electrons. The molecule has 1 aromatic heterocycles. The highest BCUT2D eigenvalue weighted by atomic mass is 16.6. The number of para-hydroxylation sites is 1. The van der Waals surface area contributed by atoms with Crippen LogP contribution >= 0.6 is 0 Å². The fourth-order valence-electron chi connectivity index (χ4n) is 2.73. The maximum Gasteiger partial charge on any atom is 0.163 e. The van der Waals surface area contributed by atoms with Crippen LogP contribution in [-0.4, -0.2) is 22.8 Å². The van der Waals surface area contributed by atoms with Crippen molar-refractivity contribution in [3.8, 4) is 23.3 Å². The van der Waals surface area contributed by atoms with Gasteiger partial charge in [0.15, 0.2) is 11.5 Å². The lowest BCUT2D eigenvalue weighted by atomic mass is 10.2. The van der Waals surface area contributed by atoms with Crippen LogP contribution < -0.4 is 14.2 Å². The van der Waals surface area contributed by atoms with Crippen LogP contribution in [0.1, 0.15) is 5.82 Å². The van der Waals surface area contributed by atoms with Crippen LogP contribution in [0.15, 0.2) is 42.5 Å². The summed E-state index contributed by atoms with van der Waals surface area (Å²) in [5.41, 5.74) is 1.61. The van der Waals surface area contributed by atoms with Crippen molar-refractivity contribution in [3.63, 3.8) is 0 Å². The van der Waals surface area contributed by atoms with E-state index in [4.69, 9.17) is 19.5 Å². The van der Waals surface area contributed by atoms with E-state index in [1.165, 1.54) is 0 Å². The van der Waals surface area contributed by atoms with Crippen LogP contribution in [0.3, 0.4) is 0 Å². The van der Waals surface area contributed by atoms with Crippen LogP contribution in [0.25, 0.3) is 11.0 Å². The predicted octanol–water partition coefficient (Wildman–Crippen LogP) is 2.91. The number of aromatic nitrogens is 2. The fraction of sp³-hybridized carbons (Fsp3) is 0.222. The average molecular weight is 321 g/mol. The molecule has 24 heavy (non-hydrogen) atoms. The second-order valence-electron chi connectivity index (χ2n) is 5.36. The average Bonchev–Trinajstić information content (AvgIpc) is 2.96. The third-order valence-corrected chi connectivity index (χ3v) is 3.83. The summed E-state index contributed by atoms with van der Waals surface area (Å²) >= 11 is 0. The van der Waals surface area contributed by atoms with Gasteiger partial charge < -0.3 is 18.8 Å². The molecule has 0 spiro atoms. The summed E-state index contributed by atoms with van der Waals surface area (Å²) in [5, 5.41) is 9.15. The Hall–Kier alpha value is -3.20. The maximum absolute atomic E-state index is 9.15. The molecule has 2 heterocycles. The standard InChI is InChI=1S/C18H15N3O3/c19-6-7-21-15-11-17-16(22-8-9-23-17)10-14(15)20-18(21)12-24-13-4-2-1-3-5-13/h1-5,10-11H,7-9,12H2. The quantitative estimate of drug-likeness (QED) is 0.739. The van der Waals surface area contributed by atoms with E-state index in [2.05, 4.69) is 11.1 Å². The van der Waals surface area contributed by atoms with Gasteiger partial charge in [-0.1, -0.05) is 18.2 Å². The van der Waals surface area contributed by atoms with E-state index < -0.39 is 0 Å². The SMILES string of the molecule is N#CCn1c(COc2ccccc2)nc2cc3c(cc21)OCCO3. The Morgan fingerprint density at radius 3 is 2.62 bits per heavy atom. The number of nitriles is 1. The molecular formula is C18H15N3O3. The summed E-state index contributed by atoms with van der Waals surface area (Å²) in [7, 11) is 0. The highest BCUT2D eigenvalue weighted by Gasteiger charge is 2.18. The number of nitrogens with zero attached hydrogens (tertiary/aromatic N) is 3. The number of rotatable bonds is 4. The Morgan fingerprint density at radius 2 is 1.88 bits per heavy atom. The molecular weight excluding hydrogens is 306 g/mol. The zero-order valence-electron chi connectivity index (χ0n) is 12.9. The van der Waals surface area contributed by atoms with Crippen molar-refractivity contribution in [1.29, 1.82) is 5.26 Å². The molecule has 0 unspecified atom stereocenters. The lowest BCUT2D eigenvalue weighted by molar-refractivity contribution is 0.172. The molecule has 1 aliphatic heterocycles. The summed E-state index contributed by atoms with van der Waals surface area (Å²) in [6.07, 6.45) is 0. The van der Waals surface area contributed by atoms with Gasteiger partial charge in [-0.05, 0) is 12.1 Å². The largest absolute Gasteiger partial charge is 0.486 e. The summed E-state index contributed by atoms with van der Waals surface area (Å²) < 4.78 is 18.8. The molecule has 120 valence electrons. The summed E-state index contributed by atoms with van der Waals surface area (Å²) in [6, 6.07) is 15.4. The Balaban J connectivity index is 1.71. The summed E-state index contributed by atoms with van der Waals surface area (Å²) in [6.45, 7) is 1.53. The van der Waals surface area contributed by atoms with E-state index in [1.54, 1.807) is 0 Å². The second-order valence-corrected chi connectivity index (χ2v) is 5.36. The van der Waals surface area contributed by atoms with Crippen LogP contribution in [0.4, 0.5) is 0 Å². The number of hydrogen-bond acceptors (Lipinski definition) is 5. The molecule has 4 rings (SSSR count). The number of imidazole rings is 1. The molecule has 0 fully saturated rings. The topological polar surface area (TPSA) is 69.3 Å². The van der Waals surface area contributed by atoms with Gasteiger partial charge in [0.2, 0.25) is 0 Å². The minimum Gasteiger partial charge on any atom is -0.486 e. The number of ether oxygens (including phenoxy) is 3. The maximum atomic E-state index is 9.15. The zero-order valence-corrected chi connectivity index (χ0v) is 12.9. The first-order valence-electron chi connectivity index (χ1n) is 7.69. The zero-order chi connectivity index (χ0) is 16.4. The molecule has 1 aliphatic rings. The van der Waals surface area contributed by atoms with E-state index in [-0.39, 0.29) is 13.2 Å². The molecule has 0 aliphatic carbocycles. The van der Waals surface area contributed by atoms with E-state index in [9.17, 15) is 0 Å². The van der Waals surface area contributed by atoms with Crippen LogP contribution in [0.2, 0.25) is 0 Å². The van der Waals surface area contributed by atoms with Gasteiger partial charge in [0.05, 0.1) is 17.1 Å². The van der Waals surface area contributed by atoms with Crippen molar-refractivity contribution in [2.75, 3.05) is 13.2 Å². The molecule has 2 aromatic carbocycles. The lowest BCUT2D eigenvalue weighted by Crippen LogP contribution is -2.15. The monoisotopic (exact) mass is 321 g/mol. The van der Waals surface area contributed by atoms with Crippen molar-refractivity contribution in [3.05, 3.63) is 48.3 Å². The number of fused-ring (bicyclic) bond motifs is 2. The number of benzene rings is 2. The third kappa shape index (κ3) is 2.61. The molecule has 6 nitrogen and oxygen atoms in total. The lowest BCUT2D eigenvalue weighted by Gasteiger charge is -2.18. The van der Waals surface area contributed by atoms with Crippen molar-refractivity contribution >= 4 is 11.0 Å². The van der Waals surface area contributed by atoms with E-state index in [1.807, 2.05) is 47.0 Å². The molecule has 0 saturated carbocycles. The van der Waals surface area contributed by atoms with Crippen LogP contribution in [0.5, 0.6) is 17.2 Å². The van der Waals surface area contributed by atoms with Crippen LogP contribution in [-0.2, 0) is 13.2 Å². The van der Waals surface area contributed by atoms with Gasteiger partial charge in [-0.15, -0.1) is 0 Å². The van der Waals surface area contributed by atoms with Gasteiger partial charge >= 0.3 is 0 Å². The van der Waals surface area contributed by atoms with Crippen LogP contribution in [0, 0.1) is 11.3 Å². The predicted molar refractivity (Wildman–Crippen MR) is 87.1 cm³/mol. The van der Waals surface area contributed by atoms with Crippen molar-refractivity contribution in [2.24, 2.45) is 0 Å². The summed E-state index contributed by atoms with van der Waals surface area (Å²) in [4.78, 5) is 4.61. The highest BCUT2D eigenvalue weighted by Crippen LogP contribution is 2.34. The minimum absolute atomic E-state index is 0.198. The minimum atomic E-state index is 0.198. The molecule has 0 saturated heterocycles. The normalized spacial score (nSPS) is 12.8.